The first-order valence-corrected chi connectivity index (χ1v) is 10.9. The van der Waals surface area contributed by atoms with Crippen LogP contribution < -0.4 is 0 Å². The largest absolute Gasteiger partial charge is 0.464 e. The average molecular weight is 415 g/mol. The van der Waals surface area contributed by atoms with Crippen molar-refractivity contribution < 1.29 is 18.7 Å². The molecule has 0 saturated carbocycles. The summed E-state index contributed by atoms with van der Waals surface area (Å²) in [6.07, 6.45) is 8.08. The van der Waals surface area contributed by atoms with Crippen LogP contribution in [-0.2, 0) is 17.7 Å². The quantitative estimate of drug-likeness (QED) is 0.349. The number of oxazole rings is 1. The lowest BCUT2D eigenvalue weighted by molar-refractivity contribution is 0.0594. The van der Waals surface area contributed by atoms with Gasteiger partial charge in [0.2, 0.25) is 5.89 Å². The number of ether oxygens (including phenoxy) is 1. The number of aromatic nitrogens is 1. The molecule has 0 spiro atoms. The first-order chi connectivity index (χ1) is 14.4. The summed E-state index contributed by atoms with van der Waals surface area (Å²) < 4.78 is 10.0. The first kappa shape index (κ1) is 23.6. The Balaban J connectivity index is 2.06. The summed E-state index contributed by atoms with van der Waals surface area (Å²) in [4.78, 5) is 30.6. The van der Waals surface area contributed by atoms with Crippen LogP contribution in [0.4, 0.5) is 0 Å². The Morgan fingerprint density at radius 2 is 1.87 bits per heavy atom. The van der Waals surface area contributed by atoms with Gasteiger partial charge < -0.3 is 14.1 Å². The van der Waals surface area contributed by atoms with Crippen molar-refractivity contribution in [3.05, 3.63) is 53.2 Å². The Morgan fingerprint density at radius 1 is 1.13 bits per heavy atom. The number of amides is 1. The van der Waals surface area contributed by atoms with Gasteiger partial charge in [-0.25, -0.2) is 9.78 Å². The number of carbonyl (C=O) groups excluding carboxylic acids is 2. The lowest BCUT2D eigenvalue weighted by Crippen LogP contribution is -2.32. The zero-order valence-corrected chi connectivity index (χ0v) is 18.6. The molecule has 0 atom stereocenters. The Hall–Kier alpha value is -2.63. The fourth-order valence-corrected chi connectivity index (χ4v) is 3.16. The number of benzene rings is 1. The van der Waals surface area contributed by atoms with Gasteiger partial charge in [0, 0.05) is 12.1 Å². The molecule has 164 valence electrons. The number of aryl methyl sites for hydroxylation is 1. The third-order valence-electron chi connectivity index (χ3n) is 5.06. The highest BCUT2D eigenvalue weighted by molar-refractivity contribution is 5.94. The normalized spacial score (nSPS) is 11.0. The molecule has 1 aromatic heterocycles. The van der Waals surface area contributed by atoms with Crippen LogP contribution in [0.5, 0.6) is 0 Å². The van der Waals surface area contributed by atoms with Crippen molar-refractivity contribution in [2.45, 2.75) is 65.8 Å². The summed E-state index contributed by atoms with van der Waals surface area (Å²) in [5, 5.41) is 0. The van der Waals surface area contributed by atoms with Gasteiger partial charge in [-0.1, -0.05) is 52.2 Å². The maximum atomic E-state index is 13.1. The molecule has 2 rings (SSSR count). The van der Waals surface area contributed by atoms with Crippen molar-refractivity contribution in [3.8, 4) is 0 Å². The fourth-order valence-electron chi connectivity index (χ4n) is 3.16. The minimum Gasteiger partial charge on any atom is -0.464 e. The smallest absolute Gasteiger partial charge is 0.360 e. The van der Waals surface area contributed by atoms with Gasteiger partial charge in [-0.05, 0) is 42.9 Å². The Labute approximate surface area is 179 Å². The molecule has 0 aliphatic rings. The minimum absolute atomic E-state index is 0.0639. The highest BCUT2D eigenvalue weighted by atomic mass is 16.5. The average Bonchev–Trinajstić information content (AvgIpc) is 3.22. The SMILES string of the molecule is CCCCCCc1ccc(C(=O)N(CCC(C)C)Cc2nc(C(=O)OC)co2)cc1. The first-order valence-electron chi connectivity index (χ1n) is 10.9. The van der Waals surface area contributed by atoms with Crippen LogP contribution in [-0.4, -0.2) is 35.4 Å². The van der Waals surface area contributed by atoms with E-state index in [2.05, 4.69) is 30.5 Å². The molecule has 1 amide bonds. The van der Waals surface area contributed by atoms with Crippen LogP contribution in [0.2, 0.25) is 0 Å². The number of rotatable bonds is 12. The van der Waals surface area contributed by atoms with E-state index in [-0.39, 0.29) is 18.1 Å². The van der Waals surface area contributed by atoms with E-state index < -0.39 is 5.97 Å². The van der Waals surface area contributed by atoms with E-state index in [0.717, 1.165) is 12.8 Å². The van der Waals surface area contributed by atoms with Crippen molar-refractivity contribution in [1.29, 1.82) is 0 Å². The molecule has 1 aromatic carbocycles. The second-order valence-electron chi connectivity index (χ2n) is 8.03. The van der Waals surface area contributed by atoms with E-state index in [1.54, 1.807) is 4.90 Å². The van der Waals surface area contributed by atoms with Crippen molar-refractivity contribution in [2.24, 2.45) is 5.92 Å². The van der Waals surface area contributed by atoms with E-state index in [9.17, 15) is 9.59 Å². The molecule has 0 saturated heterocycles. The molecule has 1 heterocycles. The summed E-state index contributed by atoms with van der Waals surface area (Å²) >= 11 is 0. The van der Waals surface area contributed by atoms with Crippen molar-refractivity contribution in [2.75, 3.05) is 13.7 Å². The topological polar surface area (TPSA) is 72.6 Å². The predicted octanol–water partition coefficient (Wildman–Crippen LogP) is 5.27. The summed E-state index contributed by atoms with van der Waals surface area (Å²) in [5.74, 6) is 0.159. The van der Waals surface area contributed by atoms with E-state index in [1.165, 1.54) is 44.6 Å². The molecule has 0 aliphatic carbocycles. The van der Waals surface area contributed by atoms with Gasteiger partial charge in [-0.15, -0.1) is 0 Å². The molecule has 6 nitrogen and oxygen atoms in total. The van der Waals surface area contributed by atoms with E-state index >= 15 is 0 Å². The van der Waals surface area contributed by atoms with Gasteiger partial charge in [-0.3, -0.25) is 4.79 Å². The standard InChI is InChI=1S/C24H34N2O4/c1-5-6-7-8-9-19-10-12-20(13-11-19)23(27)26(15-14-18(2)3)16-22-25-21(17-30-22)24(28)29-4/h10-13,17-18H,5-9,14-16H2,1-4H3. The van der Waals surface area contributed by atoms with E-state index in [4.69, 9.17) is 4.42 Å². The second-order valence-corrected chi connectivity index (χ2v) is 8.03. The highest BCUT2D eigenvalue weighted by Gasteiger charge is 2.20. The Morgan fingerprint density at radius 3 is 2.50 bits per heavy atom. The number of hydrogen-bond acceptors (Lipinski definition) is 5. The molecule has 0 unspecified atom stereocenters. The lowest BCUT2D eigenvalue weighted by atomic mass is 10.0. The van der Waals surface area contributed by atoms with Crippen LogP contribution in [0.3, 0.4) is 0 Å². The van der Waals surface area contributed by atoms with Crippen LogP contribution in [0.15, 0.2) is 34.9 Å². The van der Waals surface area contributed by atoms with Crippen molar-refractivity contribution >= 4 is 11.9 Å². The van der Waals surface area contributed by atoms with Gasteiger partial charge >= 0.3 is 5.97 Å². The molecule has 0 fully saturated rings. The number of methoxy groups -OCH3 is 1. The summed E-state index contributed by atoms with van der Waals surface area (Å²) in [5.41, 5.74) is 2.01. The monoisotopic (exact) mass is 414 g/mol. The summed E-state index contributed by atoms with van der Waals surface area (Å²) in [7, 11) is 1.29. The maximum Gasteiger partial charge on any atom is 0.360 e. The van der Waals surface area contributed by atoms with E-state index in [0.29, 0.717) is 23.9 Å². The summed E-state index contributed by atoms with van der Waals surface area (Å²) in [6, 6.07) is 7.88. The van der Waals surface area contributed by atoms with Gasteiger partial charge in [0.25, 0.3) is 5.91 Å². The maximum absolute atomic E-state index is 13.1. The molecule has 0 aliphatic heterocycles. The molecule has 0 radical (unpaired) electrons. The van der Waals surface area contributed by atoms with Crippen LogP contribution >= 0.6 is 0 Å². The zero-order chi connectivity index (χ0) is 21.9. The Bertz CT molecular complexity index is 796. The number of hydrogen-bond donors (Lipinski definition) is 0. The molecular formula is C24H34N2O4. The van der Waals surface area contributed by atoms with E-state index in [1.807, 2.05) is 24.3 Å². The lowest BCUT2D eigenvalue weighted by Gasteiger charge is -2.22. The minimum atomic E-state index is -0.556. The van der Waals surface area contributed by atoms with Crippen LogP contribution in [0, 0.1) is 5.92 Å². The highest BCUT2D eigenvalue weighted by Crippen LogP contribution is 2.15. The number of carbonyl (C=O) groups is 2. The van der Waals surface area contributed by atoms with Crippen molar-refractivity contribution in [3.63, 3.8) is 0 Å². The Kier molecular flexibility index (Phi) is 9.58. The predicted molar refractivity (Wildman–Crippen MR) is 116 cm³/mol. The van der Waals surface area contributed by atoms with Gasteiger partial charge in [0.15, 0.2) is 5.69 Å². The number of nitrogens with zero attached hydrogens (tertiary/aromatic N) is 2. The molecule has 2 aromatic rings. The van der Waals surface area contributed by atoms with Crippen LogP contribution in [0.1, 0.15) is 85.2 Å². The number of esters is 1. The summed E-state index contributed by atoms with van der Waals surface area (Å²) in [6.45, 7) is 7.25. The van der Waals surface area contributed by atoms with Gasteiger partial charge in [0.05, 0.1) is 13.7 Å². The molecule has 0 N–H and O–H groups in total. The zero-order valence-electron chi connectivity index (χ0n) is 18.6. The molecule has 0 bridgehead atoms. The molecule has 6 heteroatoms. The fraction of sp³-hybridized carbons (Fsp3) is 0.542. The van der Waals surface area contributed by atoms with Gasteiger partial charge in [0.1, 0.15) is 6.26 Å². The van der Waals surface area contributed by atoms with Gasteiger partial charge in [-0.2, -0.15) is 0 Å². The third kappa shape index (κ3) is 7.32. The molecular weight excluding hydrogens is 380 g/mol. The third-order valence-corrected chi connectivity index (χ3v) is 5.06. The van der Waals surface area contributed by atoms with Crippen LogP contribution in [0.25, 0.3) is 0 Å². The second kappa shape index (κ2) is 12.2. The number of unbranched alkanes of at least 4 members (excludes halogenated alkanes) is 3. The molecule has 30 heavy (non-hydrogen) atoms. The van der Waals surface area contributed by atoms with Crippen molar-refractivity contribution in [1.82, 2.24) is 9.88 Å².